The van der Waals surface area contributed by atoms with Crippen molar-refractivity contribution >= 4 is 0 Å². The van der Waals surface area contributed by atoms with Gasteiger partial charge in [0.15, 0.2) is 0 Å². The van der Waals surface area contributed by atoms with Gasteiger partial charge in [0, 0.05) is 25.7 Å². The molecule has 0 unspecified atom stereocenters. The molecule has 15 heavy (non-hydrogen) atoms. The van der Waals surface area contributed by atoms with Crippen LogP contribution in [0.3, 0.4) is 0 Å². The van der Waals surface area contributed by atoms with E-state index in [4.69, 9.17) is 5.73 Å². The van der Waals surface area contributed by atoms with Crippen LogP contribution in [0.1, 0.15) is 17.5 Å². The molecular weight excluding hydrogens is 191 g/mol. The summed E-state index contributed by atoms with van der Waals surface area (Å²) in [5.74, 6) is -0.154. The zero-order valence-electron chi connectivity index (χ0n) is 9.04. The molecule has 3 heteroatoms. The van der Waals surface area contributed by atoms with Gasteiger partial charge in [0.25, 0.3) is 0 Å². The molecule has 1 atom stereocenters. The van der Waals surface area contributed by atoms with Gasteiger partial charge in [-0.05, 0) is 36.6 Å². The number of likely N-dealkylation sites (tertiary alicyclic amines) is 1. The fourth-order valence-electron chi connectivity index (χ4n) is 2.06. The Hall–Kier alpha value is -0.930. The molecule has 1 aliphatic rings. The summed E-state index contributed by atoms with van der Waals surface area (Å²) in [5, 5.41) is 0. The lowest BCUT2D eigenvalue weighted by Gasteiger charge is -2.16. The SMILES string of the molecule is Cc1ccc(F)cc1CN1CC[C@H](N)C1. The molecule has 0 amide bonds. The van der Waals surface area contributed by atoms with E-state index >= 15 is 0 Å². The number of rotatable bonds is 2. The van der Waals surface area contributed by atoms with Crippen LogP contribution in [0.5, 0.6) is 0 Å². The summed E-state index contributed by atoms with van der Waals surface area (Å²) in [5.41, 5.74) is 8.05. The smallest absolute Gasteiger partial charge is 0.123 e. The third-order valence-electron chi connectivity index (χ3n) is 3.01. The number of halogens is 1. The van der Waals surface area contributed by atoms with Crippen LogP contribution in [0.4, 0.5) is 4.39 Å². The van der Waals surface area contributed by atoms with E-state index in [2.05, 4.69) is 4.90 Å². The van der Waals surface area contributed by atoms with Gasteiger partial charge in [-0.1, -0.05) is 6.07 Å². The Bertz CT molecular complexity index is 351. The summed E-state index contributed by atoms with van der Waals surface area (Å²) in [7, 11) is 0. The van der Waals surface area contributed by atoms with Crippen molar-refractivity contribution in [3.8, 4) is 0 Å². The van der Waals surface area contributed by atoms with Crippen LogP contribution < -0.4 is 5.73 Å². The largest absolute Gasteiger partial charge is 0.326 e. The first-order chi connectivity index (χ1) is 7.15. The van der Waals surface area contributed by atoms with Crippen molar-refractivity contribution in [3.63, 3.8) is 0 Å². The quantitative estimate of drug-likeness (QED) is 0.801. The van der Waals surface area contributed by atoms with Crippen LogP contribution in [-0.4, -0.2) is 24.0 Å². The Morgan fingerprint density at radius 3 is 3.00 bits per heavy atom. The maximum Gasteiger partial charge on any atom is 0.123 e. The van der Waals surface area contributed by atoms with Crippen molar-refractivity contribution < 1.29 is 4.39 Å². The van der Waals surface area contributed by atoms with Crippen molar-refractivity contribution in [2.75, 3.05) is 13.1 Å². The first-order valence-corrected chi connectivity index (χ1v) is 5.38. The van der Waals surface area contributed by atoms with E-state index in [1.54, 1.807) is 6.07 Å². The molecule has 1 fully saturated rings. The van der Waals surface area contributed by atoms with Crippen molar-refractivity contribution in [2.24, 2.45) is 5.73 Å². The summed E-state index contributed by atoms with van der Waals surface area (Å²) < 4.78 is 13.1. The minimum atomic E-state index is -0.154. The molecule has 2 rings (SSSR count). The zero-order chi connectivity index (χ0) is 10.8. The molecule has 0 spiro atoms. The molecular formula is C12H17FN2. The van der Waals surface area contributed by atoms with Gasteiger partial charge in [0.2, 0.25) is 0 Å². The molecule has 0 bridgehead atoms. The first kappa shape index (κ1) is 10.6. The first-order valence-electron chi connectivity index (χ1n) is 5.38. The molecule has 82 valence electrons. The lowest BCUT2D eigenvalue weighted by molar-refractivity contribution is 0.325. The second kappa shape index (κ2) is 4.29. The predicted octanol–water partition coefficient (Wildman–Crippen LogP) is 1.67. The normalized spacial score (nSPS) is 22.2. The zero-order valence-corrected chi connectivity index (χ0v) is 9.04. The van der Waals surface area contributed by atoms with E-state index in [0.29, 0.717) is 6.04 Å². The van der Waals surface area contributed by atoms with Gasteiger partial charge in [-0.2, -0.15) is 0 Å². The van der Waals surface area contributed by atoms with Crippen molar-refractivity contribution in [1.82, 2.24) is 4.90 Å². The lowest BCUT2D eigenvalue weighted by atomic mass is 10.1. The number of benzene rings is 1. The molecule has 0 aromatic heterocycles. The maximum atomic E-state index is 13.1. The molecule has 1 aliphatic heterocycles. The van der Waals surface area contributed by atoms with E-state index < -0.39 is 0 Å². The summed E-state index contributed by atoms with van der Waals surface area (Å²) in [6, 6.07) is 5.26. The third kappa shape index (κ3) is 2.55. The van der Waals surface area contributed by atoms with Gasteiger partial charge in [-0.15, -0.1) is 0 Å². The summed E-state index contributed by atoms with van der Waals surface area (Å²) >= 11 is 0. The summed E-state index contributed by atoms with van der Waals surface area (Å²) in [4.78, 5) is 2.28. The van der Waals surface area contributed by atoms with E-state index in [1.807, 2.05) is 13.0 Å². The van der Waals surface area contributed by atoms with Crippen LogP contribution >= 0.6 is 0 Å². The number of nitrogens with two attached hydrogens (primary N) is 1. The molecule has 1 aromatic rings. The van der Waals surface area contributed by atoms with E-state index in [0.717, 1.165) is 37.2 Å². The Labute approximate surface area is 89.9 Å². The summed E-state index contributed by atoms with van der Waals surface area (Å²) in [6.45, 7) is 4.79. The number of hydrogen-bond acceptors (Lipinski definition) is 2. The van der Waals surface area contributed by atoms with E-state index in [9.17, 15) is 4.39 Å². The van der Waals surface area contributed by atoms with Crippen LogP contribution in [-0.2, 0) is 6.54 Å². The monoisotopic (exact) mass is 208 g/mol. The van der Waals surface area contributed by atoms with Crippen molar-refractivity contribution in [3.05, 3.63) is 35.1 Å². The van der Waals surface area contributed by atoms with Crippen LogP contribution in [0, 0.1) is 12.7 Å². The second-order valence-electron chi connectivity index (χ2n) is 4.35. The highest BCUT2D eigenvalue weighted by molar-refractivity contribution is 5.26. The second-order valence-corrected chi connectivity index (χ2v) is 4.35. The fraction of sp³-hybridized carbons (Fsp3) is 0.500. The van der Waals surface area contributed by atoms with Gasteiger partial charge in [-0.3, -0.25) is 4.90 Å². The van der Waals surface area contributed by atoms with Gasteiger partial charge in [0.05, 0.1) is 0 Å². The highest BCUT2D eigenvalue weighted by Crippen LogP contribution is 2.16. The highest BCUT2D eigenvalue weighted by atomic mass is 19.1. The highest BCUT2D eigenvalue weighted by Gasteiger charge is 2.19. The molecule has 1 heterocycles. The Morgan fingerprint density at radius 1 is 1.53 bits per heavy atom. The molecule has 0 radical (unpaired) electrons. The van der Waals surface area contributed by atoms with Crippen molar-refractivity contribution in [1.29, 1.82) is 0 Å². The number of hydrogen-bond donors (Lipinski definition) is 1. The maximum absolute atomic E-state index is 13.1. The molecule has 0 aliphatic carbocycles. The van der Waals surface area contributed by atoms with Gasteiger partial charge >= 0.3 is 0 Å². The minimum Gasteiger partial charge on any atom is -0.326 e. The third-order valence-corrected chi connectivity index (χ3v) is 3.01. The molecule has 2 nitrogen and oxygen atoms in total. The average molecular weight is 208 g/mol. The summed E-state index contributed by atoms with van der Waals surface area (Å²) in [6.07, 6.45) is 1.05. The topological polar surface area (TPSA) is 29.3 Å². The van der Waals surface area contributed by atoms with Gasteiger partial charge in [0.1, 0.15) is 5.82 Å². The molecule has 0 saturated carbocycles. The number of nitrogens with zero attached hydrogens (tertiary/aromatic N) is 1. The Kier molecular flexibility index (Phi) is 3.03. The number of aryl methyl sites for hydroxylation is 1. The predicted molar refractivity (Wildman–Crippen MR) is 59.0 cm³/mol. The van der Waals surface area contributed by atoms with Crippen molar-refractivity contribution in [2.45, 2.75) is 25.9 Å². The molecule has 2 N–H and O–H groups in total. The van der Waals surface area contributed by atoms with E-state index in [1.165, 1.54) is 6.07 Å². The Morgan fingerprint density at radius 2 is 2.33 bits per heavy atom. The van der Waals surface area contributed by atoms with Crippen LogP contribution in [0.2, 0.25) is 0 Å². The van der Waals surface area contributed by atoms with Gasteiger partial charge in [-0.25, -0.2) is 4.39 Å². The Balaban J connectivity index is 2.07. The molecule has 1 saturated heterocycles. The van der Waals surface area contributed by atoms with E-state index in [-0.39, 0.29) is 5.82 Å². The fourth-order valence-corrected chi connectivity index (χ4v) is 2.06. The standard InChI is InChI=1S/C12H17FN2/c1-9-2-3-11(13)6-10(9)7-15-5-4-12(14)8-15/h2-3,6,12H,4-5,7-8,14H2,1H3/t12-/m0/s1. The molecule has 1 aromatic carbocycles. The average Bonchev–Trinajstić information content (AvgIpc) is 2.58. The van der Waals surface area contributed by atoms with Crippen LogP contribution in [0.15, 0.2) is 18.2 Å². The van der Waals surface area contributed by atoms with Gasteiger partial charge < -0.3 is 5.73 Å². The lowest BCUT2D eigenvalue weighted by Crippen LogP contribution is -2.26. The van der Waals surface area contributed by atoms with Crippen LogP contribution in [0.25, 0.3) is 0 Å². The minimum absolute atomic E-state index is 0.154.